The average molecular weight is 816 g/mol. The van der Waals surface area contributed by atoms with E-state index in [1.807, 2.05) is 0 Å². The minimum atomic E-state index is -2.05. The summed E-state index contributed by atoms with van der Waals surface area (Å²) in [5.41, 5.74) is 1.02. The van der Waals surface area contributed by atoms with E-state index in [-0.39, 0.29) is 24.3 Å². The van der Waals surface area contributed by atoms with Crippen molar-refractivity contribution in [1.29, 1.82) is 0 Å². The molecule has 310 valence electrons. The van der Waals surface area contributed by atoms with Crippen molar-refractivity contribution in [2.45, 2.75) is 84.0 Å². The lowest BCUT2D eigenvalue weighted by atomic mass is 9.92. The molecule has 59 heavy (non-hydrogen) atoms. The summed E-state index contributed by atoms with van der Waals surface area (Å²) in [7, 11) is 0. The topological polar surface area (TPSA) is 228 Å². The number of benzene rings is 3. The summed E-state index contributed by atoms with van der Waals surface area (Å²) in [6.45, 7) is 2.81. The normalized spacial score (nSPS) is 20.0. The lowest BCUT2D eigenvalue weighted by molar-refractivity contribution is -0.251. The molecule has 5 rings (SSSR count). The highest BCUT2D eigenvalue weighted by atomic mass is 16.6. The van der Waals surface area contributed by atoms with Crippen LogP contribution in [0.2, 0.25) is 0 Å². The molecule has 3 aromatic rings. The van der Waals surface area contributed by atoms with Crippen LogP contribution in [-0.2, 0) is 70.4 Å². The largest absolute Gasteiger partial charge is 0.463 e. The highest BCUT2D eigenvalue weighted by molar-refractivity contribution is 6.21. The zero-order valence-electron chi connectivity index (χ0n) is 32.4. The van der Waals surface area contributed by atoms with Crippen LogP contribution in [0.15, 0.2) is 84.9 Å². The molecule has 18 nitrogen and oxygen atoms in total. The summed E-state index contributed by atoms with van der Waals surface area (Å²) in [6, 6.07) is 19.0. The zero-order chi connectivity index (χ0) is 42.8. The molecule has 1 fully saturated rings. The molecule has 1 saturated heterocycles. The lowest BCUT2D eigenvalue weighted by Crippen LogP contribution is -2.71. The molecular formula is C41H41N3O15. The first kappa shape index (κ1) is 43.2. The third-order valence-electron chi connectivity index (χ3n) is 9.07. The second-order valence-corrected chi connectivity index (χ2v) is 13.4. The van der Waals surface area contributed by atoms with Gasteiger partial charge in [0.1, 0.15) is 38.0 Å². The fourth-order valence-corrected chi connectivity index (χ4v) is 6.57. The summed E-state index contributed by atoms with van der Waals surface area (Å²) >= 11 is 0. The van der Waals surface area contributed by atoms with Crippen LogP contribution >= 0.6 is 0 Å². The molecule has 0 unspecified atom stereocenters. The monoisotopic (exact) mass is 815 g/mol. The number of imide groups is 2. The molecule has 18 heteroatoms. The number of fused-ring (bicyclic) bond motifs is 1. The summed E-state index contributed by atoms with van der Waals surface area (Å²) in [6.07, 6.45) is -9.28. The van der Waals surface area contributed by atoms with Crippen LogP contribution in [-0.4, -0.2) is 107 Å². The predicted octanol–water partition coefficient (Wildman–Crippen LogP) is 2.61. The van der Waals surface area contributed by atoms with E-state index in [1.54, 1.807) is 60.7 Å². The zero-order valence-corrected chi connectivity index (χ0v) is 32.4. The molecule has 6 atom stereocenters. The van der Waals surface area contributed by atoms with Gasteiger partial charge in [-0.3, -0.25) is 43.4 Å². The fraction of sp³-hybridized carbons (Fsp3) is 0.341. The van der Waals surface area contributed by atoms with E-state index in [1.165, 1.54) is 24.3 Å². The Kier molecular flexibility index (Phi) is 14.2. The summed E-state index contributed by atoms with van der Waals surface area (Å²) in [5.74, 6) is -8.03. The van der Waals surface area contributed by atoms with Crippen molar-refractivity contribution in [3.05, 3.63) is 107 Å². The van der Waals surface area contributed by atoms with Crippen molar-refractivity contribution >= 4 is 53.6 Å². The number of rotatable bonds is 14. The van der Waals surface area contributed by atoms with Gasteiger partial charge in [0.15, 0.2) is 18.4 Å². The van der Waals surface area contributed by atoms with Gasteiger partial charge in [0.2, 0.25) is 11.8 Å². The van der Waals surface area contributed by atoms with E-state index >= 15 is 0 Å². The molecule has 0 aromatic heterocycles. The molecule has 0 aliphatic carbocycles. The quantitative estimate of drug-likeness (QED) is 0.140. The van der Waals surface area contributed by atoms with Gasteiger partial charge in [-0.05, 0) is 23.3 Å². The first-order valence-corrected chi connectivity index (χ1v) is 18.3. The van der Waals surface area contributed by atoms with Gasteiger partial charge in [-0.25, -0.2) is 9.59 Å². The molecule has 3 aromatic carbocycles. The Hall–Kier alpha value is -6.95. The molecule has 0 bridgehead atoms. The second kappa shape index (κ2) is 19.5. The predicted molar refractivity (Wildman–Crippen MR) is 199 cm³/mol. The van der Waals surface area contributed by atoms with Crippen molar-refractivity contribution in [1.82, 2.24) is 15.1 Å². The molecular weight excluding hydrogens is 774 g/mol. The van der Waals surface area contributed by atoms with Crippen molar-refractivity contribution in [3.63, 3.8) is 0 Å². The van der Waals surface area contributed by atoms with E-state index in [0.717, 1.165) is 27.7 Å². The Morgan fingerprint density at radius 3 is 1.69 bits per heavy atom. The number of alkyl carbamates (subject to hydrolysis) is 1. The van der Waals surface area contributed by atoms with Crippen LogP contribution in [0.5, 0.6) is 0 Å². The van der Waals surface area contributed by atoms with Crippen LogP contribution in [0.25, 0.3) is 0 Å². The first-order valence-electron chi connectivity index (χ1n) is 18.3. The molecule has 0 spiro atoms. The van der Waals surface area contributed by atoms with Crippen LogP contribution in [0.3, 0.4) is 0 Å². The SMILES string of the molecule is CC(=O)OC[C@H]1O[C@@H](N(C(C)=O)C(=O)C[C@H](NC(=O)OCc2ccccc2)C(=O)OCc2ccccc2)[C@H](N2C(=O)c3ccccc3C2=O)[C@@H](OC(C)=O)[C@@H]1OC(C)=O. The number of carbonyl (C=O) groups is 9. The van der Waals surface area contributed by atoms with Crippen LogP contribution < -0.4 is 5.32 Å². The maximum absolute atomic E-state index is 14.5. The van der Waals surface area contributed by atoms with Crippen molar-refractivity contribution < 1.29 is 71.6 Å². The van der Waals surface area contributed by atoms with Gasteiger partial charge in [0.05, 0.1) is 17.5 Å². The first-order chi connectivity index (χ1) is 28.2. The Morgan fingerprint density at radius 2 is 1.19 bits per heavy atom. The minimum Gasteiger partial charge on any atom is -0.463 e. The van der Waals surface area contributed by atoms with Gasteiger partial charge in [-0.2, -0.15) is 0 Å². The summed E-state index contributed by atoms with van der Waals surface area (Å²) in [4.78, 5) is 121. The number of carbonyl (C=O) groups excluding carboxylic acids is 9. The van der Waals surface area contributed by atoms with Crippen molar-refractivity contribution in [3.8, 4) is 0 Å². The summed E-state index contributed by atoms with van der Waals surface area (Å²) < 4.78 is 33.2. The number of nitrogens with one attached hydrogen (secondary N) is 1. The number of ether oxygens (including phenoxy) is 6. The van der Waals surface area contributed by atoms with Gasteiger partial charge >= 0.3 is 30.0 Å². The number of hydrogen-bond donors (Lipinski definition) is 1. The molecule has 0 radical (unpaired) electrons. The van der Waals surface area contributed by atoms with Crippen LogP contribution in [0.1, 0.15) is 66.0 Å². The molecule has 5 amide bonds. The van der Waals surface area contributed by atoms with E-state index in [4.69, 9.17) is 28.4 Å². The second-order valence-electron chi connectivity index (χ2n) is 13.4. The number of esters is 4. The maximum atomic E-state index is 14.5. The van der Waals surface area contributed by atoms with Gasteiger partial charge in [0.25, 0.3) is 11.8 Å². The molecule has 2 heterocycles. The van der Waals surface area contributed by atoms with Crippen molar-refractivity contribution in [2.75, 3.05) is 6.61 Å². The third-order valence-corrected chi connectivity index (χ3v) is 9.07. The number of nitrogens with zero attached hydrogens (tertiary/aromatic N) is 2. The highest BCUT2D eigenvalue weighted by Crippen LogP contribution is 2.37. The van der Waals surface area contributed by atoms with E-state index in [9.17, 15) is 43.2 Å². The highest BCUT2D eigenvalue weighted by Gasteiger charge is 2.59. The Labute approximate surface area is 337 Å². The number of amides is 5. The third kappa shape index (κ3) is 10.7. The van der Waals surface area contributed by atoms with Gasteiger partial charge < -0.3 is 33.7 Å². The van der Waals surface area contributed by atoms with Gasteiger partial charge in [-0.1, -0.05) is 72.8 Å². The standard InChI is InChI=1S/C41H41N3O15/c1-23(45)43(33(49)19-31(40(52)55-20-27-13-7-5-8-14-27)42-41(53)56-21-28-15-9-6-10-16-28)39-34(44-37(50)29-17-11-12-18-30(29)38(44)51)36(58-26(4)48)35(57-25(3)47)32(59-39)22-54-24(2)46/h5-18,31-32,34-36,39H,19-22H2,1-4H3,(H,42,53)/t31-,32+,34+,35+,36+,39+/m0/s1. The van der Waals surface area contributed by atoms with Gasteiger partial charge in [-0.15, -0.1) is 0 Å². The fourth-order valence-electron chi connectivity index (χ4n) is 6.57. The molecule has 2 aliphatic rings. The van der Waals surface area contributed by atoms with Crippen LogP contribution in [0.4, 0.5) is 4.79 Å². The average Bonchev–Trinajstić information content (AvgIpc) is 3.44. The smallest absolute Gasteiger partial charge is 0.408 e. The van der Waals surface area contributed by atoms with Crippen LogP contribution in [0, 0.1) is 0 Å². The number of hydrogen-bond acceptors (Lipinski definition) is 15. The van der Waals surface area contributed by atoms with Gasteiger partial charge in [0, 0.05) is 27.7 Å². The molecule has 2 aliphatic heterocycles. The summed E-state index contributed by atoms with van der Waals surface area (Å²) in [5, 5.41) is 2.31. The van der Waals surface area contributed by atoms with E-state index in [2.05, 4.69) is 5.32 Å². The Morgan fingerprint density at radius 1 is 0.678 bits per heavy atom. The Bertz CT molecular complexity index is 2060. The molecule has 0 saturated carbocycles. The minimum absolute atomic E-state index is 0.0796. The Balaban J connectivity index is 1.55. The lowest BCUT2D eigenvalue weighted by Gasteiger charge is -2.49. The van der Waals surface area contributed by atoms with Crippen molar-refractivity contribution in [2.24, 2.45) is 0 Å². The van der Waals surface area contributed by atoms with E-state index in [0.29, 0.717) is 20.9 Å². The maximum Gasteiger partial charge on any atom is 0.408 e. The molecule has 1 N–H and O–H groups in total. The van der Waals surface area contributed by atoms with E-state index < -0.39 is 103 Å².